The number of hydrogen-bond acceptors (Lipinski definition) is 5. The van der Waals surface area contributed by atoms with Crippen LogP contribution in [0.25, 0.3) is 21.9 Å². The molecule has 4 rings (SSSR count). The predicted octanol–water partition coefficient (Wildman–Crippen LogP) is 6.38. The van der Waals surface area contributed by atoms with Gasteiger partial charge in [-0.2, -0.15) is 5.01 Å². The first-order valence-electron chi connectivity index (χ1n) is 11.9. The van der Waals surface area contributed by atoms with Gasteiger partial charge in [-0.05, 0) is 49.2 Å². The van der Waals surface area contributed by atoms with Gasteiger partial charge in [0.05, 0.1) is 18.9 Å². The third-order valence-electron chi connectivity index (χ3n) is 5.56. The largest absolute Gasteiger partial charge is 0.449 e. The molecule has 0 saturated carbocycles. The molecule has 0 aliphatic heterocycles. The van der Waals surface area contributed by atoms with Crippen LogP contribution < -0.4 is 15.8 Å². The number of nitrogens with one attached hydrogen (secondary N) is 2. The van der Waals surface area contributed by atoms with E-state index in [1.807, 2.05) is 54.6 Å². The lowest BCUT2D eigenvalue weighted by molar-refractivity contribution is 0.102. The van der Waals surface area contributed by atoms with E-state index in [2.05, 4.69) is 10.7 Å². The van der Waals surface area contributed by atoms with E-state index in [1.54, 1.807) is 50.2 Å². The number of nitrogens with zero attached hydrogens (tertiary/aromatic N) is 1. The van der Waals surface area contributed by atoms with Crippen molar-refractivity contribution in [3.63, 3.8) is 0 Å². The van der Waals surface area contributed by atoms with Crippen LogP contribution in [0.1, 0.15) is 24.2 Å². The SMILES string of the molecule is CCOC(=O)NN(C(=O)OCC)c1ccc(NC(=O)c2ccccc2)c2cccc(-c3ccccc3)c12. The lowest BCUT2D eigenvalue weighted by Crippen LogP contribution is -2.47. The molecule has 0 unspecified atom stereocenters. The normalized spacial score (nSPS) is 10.4. The molecular formula is C29H27N3O5. The fraction of sp³-hybridized carbons (Fsp3) is 0.138. The predicted molar refractivity (Wildman–Crippen MR) is 143 cm³/mol. The fourth-order valence-corrected chi connectivity index (χ4v) is 3.97. The summed E-state index contributed by atoms with van der Waals surface area (Å²) < 4.78 is 10.2. The summed E-state index contributed by atoms with van der Waals surface area (Å²) in [6, 6.07) is 27.5. The summed E-state index contributed by atoms with van der Waals surface area (Å²) in [7, 11) is 0. The maximum atomic E-state index is 13.0. The van der Waals surface area contributed by atoms with Crippen LogP contribution >= 0.6 is 0 Å². The van der Waals surface area contributed by atoms with Crippen LogP contribution in [0, 0.1) is 0 Å². The highest BCUT2D eigenvalue weighted by molar-refractivity contribution is 6.16. The van der Waals surface area contributed by atoms with Crippen molar-refractivity contribution in [2.75, 3.05) is 23.5 Å². The highest BCUT2D eigenvalue weighted by Crippen LogP contribution is 2.39. The van der Waals surface area contributed by atoms with Crippen molar-refractivity contribution in [1.82, 2.24) is 5.43 Å². The first kappa shape index (κ1) is 25.2. The van der Waals surface area contributed by atoms with Gasteiger partial charge in [0.2, 0.25) is 0 Å². The van der Waals surface area contributed by atoms with Crippen LogP contribution in [-0.2, 0) is 9.47 Å². The van der Waals surface area contributed by atoms with E-state index in [1.165, 1.54) is 0 Å². The number of benzene rings is 4. The van der Waals surface area contributed by atoms with Crippen LogP contribution in [0.5, 0.6) is 0 Å². The Bertz CT molecular complexity index is 1410. The maximum absolute atomic E-state index is 13.0. The minimum absolute atomic E-state index is 0.106. The summed E-state index contributed by atoms with van der Waals surface area (Å²) in [6.07, 6.45) is -1.58. The van der Waals surface area contributed by atoms with Crippen LogP contribution in [-0.4, -0.2) is 31.3 Å². The highest BCUT2D eigenvalue weighted by Gasteiger charge is 2.25. The van der Waals surface area contributed by atoms with E-state index < -0.39 is 12.2 Å². The number of hydrogen-bond donors (Lipinski definition) is 2. The monoisotopic (exact) mass is 497 g/mol. The van der Waals surface area contributed by atoms with Crippen molar-refractivity contribution >= 4 is 40.2 Å². The molecule has 3 amide bonds. The molecule has 37 heavy (non-hydrogen) atoms. The second-order valence-corrected chi connectivity index (χ2v) is 7.91. The molecule has 0 bridgehead atoms. The molecule has 188 valence electrons. The average molecular weight is 498 g/mol. The molecule has 8 heteroatoms. The van der Waals surface area contributed by atoms with Crippen molar-refractivity contribution in [3.05, 3.63) is 96.6 Å². The molecule has 0 aliphatic carbocycles. The molecule has 0 aliphatic rings. The Morgan fingerprint density at radius 3 is 2.11 bits per heavy atom. The number of rotatable bonds is 6. The van der Waals surface area contributed by atoms with E-state index in [4.69, 9.17) is 9.47 Å². The number of hydrazine groups is 1. The smallest absolute Gasteiger partial charge is 0.433 e. The quantitative estimate of drug-likeness (QED) is 0.301. The molecular weight excluding hydrogens is 470 g/mol. The van der Waals surface area contributed by atoms with Crippen molar-refractivity contribution in [3.8, 4) is 11.1 Å². The Morgan fingerprint density at radius 1 is 0.757 bits per heavy atom. The third kappa shape index (κ3) is 5.70. The topological polar surface area (TPSA) is 97.0 Å². The molecule has 8 nitrogen and oxygen atoms in total. The number of amides is 3. The maximum Gasteiger partial charge on any atom is 0.433 e. The Hall–Kier alpha value is -4.85. The summed E-state index contributed by atoms with van der Waals surface area (Å²) in [4.78, 5) is 38.3. The Morgan fingerprint density at radius 2 is 1.43 bits per heavy atom. The minimum Gasteiger partial charge on any atom is -0.449 e. The van der Waals surface area contributed by atoms with Crippen LogP contribution in [0.15, 0.2) is 91.0 Å². The summed E-state index contributed by atoms with van der Waals surface area (Å²) in [5, 5.41) is 5.30. The molecule has 2 N–H and O–H groups in total. The van der Waals surface area contributed by atoms with E-state index in [-0.39, 0.29) is 19.1 Å². The van der Waals surface area contributed by atoms with Gasteiger partial charge >= 0.3 is 12.2 Å². The van der Waals surface area contributed by atoms with Gasteiger partial charge in [-0.25, -0.2) is 15.0 Å². The van der Waals surface area contributed by atoms with E-state index in [9.17, 15) is 14.4 Å². The van der Waals surface area contributed by atoms with Gasteiger partial charge in [0.1, 0.15) is 0 Å². The Labute approximate surface area is 214 Å². The van der Waals surface area contributed by atoms with Gasteiger partial charge in [-0.1, -0.05) is 66.7 Å². The summed E-state index contributed by atoms with van der Waals surface area (Å²) in [6.45, 7) is 3.58. The molecule has 0 heterocycles. The number of ether oxygens (including phenoxy) is 2. The summed E-state index contributed by atoms with van der Waals surface area (Å²) in [5.41, 5.74) is 5.59. The van der Waals surface area contributed by atoms with Gasteiger partial charge in [0.15, 0.2) is 0 Å². The van der Waals surface area contributed by atoms with Crippen molar-refractivity contribution < 1.29 is 23.9 Å². The molecule has 0 spiro atoms. The Kier molecular flexibility index (Phi) is 8.00. The standard InChI is InChI=1S/C29H27N3O5/c1-3-36-28(34)31-32(29(35)37-4-2)25-19-18-24(30-27(33)21-14-9-6-10-15-21)23-17-11-16-22(26(23)25)20-12-7-5-8-13-20/h5-19H,3-4H2,1-2H3,(H,30,33)(H,31,34). The van der Waals surface area contributed by atoms with Gasteiger partial charge in [0, 0.05) is 22.0 Å². The zero-order chi connectivity index (χ0) is 26.2. The molecule has 0 fully saturated rings. The van der Waals surface area contributed by atoms with Crippen LogP contribution in [0.4, 0.5) is 21.0 Å². The second-order valence-electron chi connectivity index (χ2n) is 7.91. The lowest BCUT2D eigenvalue weighted by atomic mass is 9.95. The first-order valence-corrected chi connectivity index (χ1v) is 11.9. The fourth-order valence-electron chi connectivity index (χ4n) is 3.97. The molecule has 0 atom stereocenters. The number of fused-ring (bicyclic) bond motifs is 1. The molecule has 0 saturated heterocycles. The van der Waals surface area contributed by atoms with Crippen molar-refractivity contribution in [2.45, 2.75) is 13.8 Å². The molecule has 0 radical (unpaired) electrons. The van der Waals surface area contributed by atoms with E-state index in [0.29, 0.717) is 27.7 Å². The lowest BCUT2D eigenvalue weighted by Gasteiger charge is -2.25. The zero-order valence-corrected chi connectivity index (χ0v) is 20.6. The van der Waals surface area contributed by atoms with E-state index in [0.717, 1.165) is 16.1 Å². The van der Waals surface area contributed by atoms with Gasteiger partial charge in [-0.15, -0.1) is 0 Å². The third-order valence-corrected chi connectivity index (χ3v) is 5.56. The number of carbonyl (C=O) groups excluding carboxylic acids is 3. The number of carbonyl (C=O) groups is 3. The minimum atomic E-state index is -0.803. The highest BCUT2D eigenvalue weighted by atomic mass is 16.6. The van der Waals surface area contributed by atoms with Crippen molar-refractivity contribution in [1.29, 1.82) is 0 Å². The summed E-state index contributed by atoms with van der Waals surface area (Å²) in [5.74, 6) is -0.272. The second kappa shape index (κ2) is 11.7. The number of anilines is 2. The van der Waals surface area contributed by atoms with Crippen LogP contribution in [0.2, 0.25) is 0 Å². The van der Waals surface area contributed by atoms with Crippen molar-refractivity contribution in [2.24, 2.45) is 0 Å². The zero-order valence-electron chi connectivity index (χ0n) is 20.6. The molecule has 0 aromatic heterocycles. The molecule has 4 aromatic rings. The van der Waals surface area contributed by atoms with Crippen LogP contribution in [0.3, 0.4) is 0 Å². The van der Waals surface area contributed by atoms with Gasteiger partial charge < -0.3 is 14.8 Å². The first-order chi connectivity index (χ1) is 18.0. The Balaban J connectivity index is 1.91. The van der Waals surface area contributed by atoms with Gasteiger partial charge in [-0.3, -0.25) is 4.79 Å². The average Bonchev–Trinajstić information content (AvgIpc) is 2.93. The van der Waals surface area contributed by atoms with Gasteiger partial charge in [0.25, 0.3) is 5.91 Å². The molecule has 4 aromatic carbocycles. The summed E-state index contributed by atoms with van der Waals surface area (Å²) >= 11 is 0. The van der Waals surface area contributed by atoms with E-state index >= 15 is 0 Å².